The molecule has 0 spiro atoms. The Kier molecular flexibility index (Phi) is 6.81. The van der Waals surface area contributed by atoms with Crippen LogP contribution < -0.4 is 20.5 Å². The summed E-state index contributed by atoms with van der Waals surface area (Å²) < 4.78 is 11.2. The van der Waals surface area contributed by atoms with Gasteiger partial charge in [-0.15, -0.1) is 0 Å². The van der Waals surface area contributed by atoms with Crippen LogP contribution in [0.1, 0.15) is 27.0 Å². The van der Waals surface area contributed by atoms with Crippen LogP contribution in [-0.4, -0.2) is 24.5 Å². The molecule has 1 aromatic heterocycles. The van der Waals surface area contributed by atoms with E-state index in [0.717, 1.165) is 25.1 Å². The molecule has 0 fully saturated rings. The second-order valence-electron chi connectivity index (χ2n) is 6.75. The minimum Gasteiger partial charge on any atom is -0.493 e. The first-order valence-electron chi connectivity index (χ1n) is 9.42. The largest absolute Gasteiger partial charge is 0.493 e. The Balaban J connectivity index is 1.56. The highest BCUT2D eigenvalue weighted by Gasteiger charge is 2.09. The van der Waals surface area contributed by atoms with Gasteiger partial charge in [0.15, 0.2) is 11.5 Å². The van der Waals surface area contributed by atoms with Gasteiger partial charge in [-0.2, -0.15) is 0 Å². The van der Waals surface area contributed by atoms with Crippen molar-refractivity contribution in [3.05, 3.63) is 83.0 Å². The zero-order valence-electron chi connectivity index (χ0n) is 16.6. The Bertz CT molecular complexity index is 954. The Morgan fingerprint density at radius 1 is 1.03 bits per heavy atom. The molecule has 0 radical (unpaired) electrons. The van der Waals surface area contributed by atoms with Crippen molar-refractivity contribution in [3.63, 3.8) is 0 Å². The number of aryl methyl sites for hydroxylation is 1. The van der Waals surface area contributed by atoms with Crippen LogP contribution in [0, 0.1) is 6.92 Å². The highest BCUT2D eigenvalue weighted by Crippen LogP contribution is 2.31. The first kappa shape index (κ1) is 20.4. The second kappa shape index (κ2) is 9.71. The third-order valence-corrected chi connectivity index (χ3v) is 4.50. The molecule has 3 aromatic rings. The molecule has 3 rings (SSSR count). The number of methoxy groups -OCH3 is 1. The number of primary amides is 1. The number of hydrogen-bond acceptors (Lipinski definition) is 5. The van der Waals surface area contributed by atoms with E-state index < -0.39 is 5.91 Å². The minimum absolute atomic E-state index is 0.330. The number of ether oxygens (including phenoxy) is 2. The molecule has 0 aliphatic rings. The Morgan fingerprint density at radius 3 is 2.45 bits per heavy atom. The molecule has 150 valence electrons. The average molecular weight is 391 g/mol. The number of carbonyl (C=O) groups excluding carboxylic acids is 1. The highest BCUT2D eigenvalue weighted by atomic mass is 16.5. The Hall–Kier alpha value is -3.38. The summed E-state index contributed by atoms with van der Waals surface area (Å²) in [5, 5.41) is 3.45. The highest BCUT2D eigenvalue weighted by molar-refractivity contribution is 5.92. The lowest BCUT2D eigenvalue weighted by molar-refractivity contribution is 0.1000. The molecule has 6 nitrogen and oxygen atoms in total. The molecule has 1 heterocycles. The van der Waals surface area contributed by atoms with Crippen LogP contribution in [0.3, 0.4) is 0 Å². The van der Waals surface area contributed by atoms with E-state index in [1.54, 1.807) is 19.2 Å². The van der Waals surface area contributed by atoms with Gasteiger partial charge in [-0.3, -0.25) is 4.79 Å². The molecule has 0 aliphatic heterocycles. The van der Waals surface area contributed by atoms with Crippen LogP contribution in [0.25, 0.3) is 0 Å². The van der Waals surface area contributed by atoms with Gasteiger partial charge in [0.1, 0.15) is 0 Å². The van der Waals surface area contributed by atoms with Crippen LogP contribution in [0.15, 0.2) is 60.8 Å². The average Bonchev–Trinajstić information content (AvgIpc) is 2.73. The molecule has 29 heavy (non-hydrogen) atoms. The molecular formula is C23H25N3O3. The molecule has 1 amide bonds. The maximum Gasteiger partial charge on any atom is 0.250 e. The predicted octanol–water partition coefficient (Wildman–Crippen LogP) is 3.62. The molecule has 2 aromatic carbocycles. The van der Waals surface area contributed by atoms with E-state index in [4.69, 9.17) is 15.2 Å². The maximum atomic E-state index is 11.1. The van der Waals surface area contributed by atoms with Crippen LogP contribution in [0.2, 0.25) is 0 Å². The van der Waals surface area contributed by atoms with Crippen molar-refractivity contribution in [3.8, 4) is 17.4 Å². The van der Waals surface area contributed by atoms with E-state index in [1.807, 2.05) is 18.2 Å². The van der Waals surface area contributed by atoms with Gasteiger partial charge < -0.3 is 20.5 Å². The third kappa shape index (κ3) is 5.80. The number of hydrogen-bond donors (Lipinski definition) is 2. The first-order chi connectivity index (χ1) is 14.0. The molecule has 6 heteroatoms. The zero-order valence-corrected chi connectivity index (χ0v) is 16.6. The minimum atomic E-state index is -0.527. The number of benzene rings is 2. The lowest BCUT2D eigenvalue weighted by Gasteiger charge is -2.12. The molecule has 0 saturated carbocycles. The summed E-state index contributed by atoms with van der Waals surface area (Å²) in [4.78, 5) is 15.2. The number of rotatable bonds is 9. The number of pyridine rings is 1. The van der Waals surface area contributed by atoms with E-state index >= 15 is 0 Å². The lowest BCUT2D eigenvalue weighted by atomic mass is 10.1. The summed E-state index contributed by atoms with van der Waals surface area (Å²) in [5.74, 6) is 0.997. The van der Waals surface area contributed by atoms with Crippen LogP contribution in [-0.2, 0) is 13.0 Å². The SMILES string of the molecule is COc1cc(CNCCc2ccc(C)cc2)ccc1Oc1ccc(C(N)=O)cn1. The number of carbonyl (C=O) groups is 1. The zero-order chi connectivity index (χ0) is 20.6. The van der Waals surface area contributed by atoms with Crippen molar-refractivity contribution < 1.29 is 14.3 Å². The number of amides is 1. The van der Waals surface area contributed by atoms with Gasteiger partial charge in [-0.05, 0) is 49.2 Å². The molecule has 0 atom stereocenters. The summed E-state index contributed by atoms with van der Waals surface area (Å²) in [7, 11) is 1.60. The van der Waals surface area contributed by atoms with Gasteiger partial charge >= 0.3 is 0 Å². The van der Waals surface area contributed by atoms with Gasteiger partial charge in [0.05, 0.1) is 12.7 Å². The number of nitrogens with one attached hydrogen (secondary N) is 1. The van der Waals surface area contributed by atoms with Gasteiger partial charge in [-0.1, -0.05) is 35.9 Å². The van der Waals surface area contributed by atoms with Crippen LogP contribution >= 0.6 is 0 Å². The third-order valence-electron chi connectivity index (χ3n) is 4.50. The molecule has 0 aliphatic carbocycles. The van der Waals surface area contributed by atoms with E-state index in [2.05, 4.69) is 41.5 Å². The van der Waals surface area contributed by atoms with E-state index in [-0.39, 0.29) is 0 Å². The molecular weight excluding hydrogens is 366 g/mol. The molecule has 0 bridgehead atoms. The van der Waals surface area contributed by atoms with Crippen molar-refractivity contribution >= 4 is 5.91 Å². The van der Waals surface area contributed by atoms with Gasteiger partial charge in [-0.25, -0.2) is 4.98 Å². The fraction of sp³-hybridized carbons (Fsp3) is 0.217. The van der Waals surface area contributed by atoms with E-state index in [1.165, 1.54) is 17.3 Å². The van der Waals surface area contributed by atoms with Crippen molar-refractivity contribution in [2.75, 3.05) is 13.7 Å². The van der Waals surface area contributed by atoms with Crippen LogP contribution in [0.5, 0.6) is 17.4 Å². The summed E-state index contributed by atoms with van der Waals surface area (Å²) in [6.45, 7) is 3.71. The first-order valence-corrected chi connectivity index (χ1v) is 9.42. The summed E-state index contributed by atoms with van der Waals surface area (Å²) in [5.41, 5.74) is 9.24. The molecule has 0 saturated heterocycles. The quantitative estimate of drug-likeness (QED) is 0.544. The molecule has 0 unspecified atom stereocenters. The monoisotopic (exact) mass is 391 g/mol. The Labute approximate surface area is 170 Å². The van der Waals surface area contributed by atoms with Gasteiger partial charge in [0, 0.05) is 18.8 Å². The predicted molar refractivity (Wildman–Crippen MR) is 112 cm³/mol. The van der Waals surface area contributed by atoms with Gasteiger partial charge in [0.25, 0.3) is 0 Å². The topological polar surface area (TPSA) is 86.5 Å². The number of nitrogens with two attached hydrogens (primary N) is 1. The lowest BCUT2D eigenvalue weighted by Crippen LogP contribution is -2.16. The standard InChI is InChI=1S/C23H25N3O3/c1-16-3-5-17(6-4-16)11-12-25-14-18-7-9-20(21(13-18)28-2)29-22-10-8-19(15-26-22)23(24)27/h3-10,13,15,25H,11-12,14H2,1-2H3,(H2,24,27). The van der Waals surface area contributed by atoms with Crippen molar-refractivity contribution in [1.82, 2.24) is 10.3 Å². The van der Waals surface area contributed by atoms with Crippen LogP contribution in [0.4, 0.5) is 0 Å². The smallest absolute Gasteiger partial charge is 0.250 e. The number of aromatic nitrogens is 1. The number of nitrogens with zero attached hydrogens (tertiary/aromatic N) is 1. The summed E-state index contributed by atoms with van der Waals surface area (Å²) in [6, 6.07) is 17.5. The fourth-order valence-corrected chi connectivity index (χ4v) is 2.83. The maximum absolute atomic E-state index is 11.1. The van der Waals surface area contributed by atoms with Crippen molar-refractivity contribution in [2.24, 2.45) is 5.73 Å². The summed E-state index contributed by atoms with van der Waals surface area (Å²) in [6.07, 6.45) is 2.36. The Morgan fingerprint density at radius 2 is 1.79 bits per heavy atom. The molecule has 3 N–H and O–H groups in total. The van der Waals surface area contributed by atoms with Crippen molar-refractivity contribution in [1.29, 1.82) is 0 Å². The second-order valence-corrected chi connectivity index (χ2v) is 6.75. The van der Waals surface area contributed by atoms with Crippen molar-refractivity contribution in [2.45, 2.75) is 19.9 Å². The van der Waals surface area contributed by atoms with E-state index in [9.17, 15) is 4.79 Å². The van der Waals surface area contributed by atoms with Gasteiger partial charge in [0.2, 0.25) is 11.8 Å². The normalized spacial score (nSPS) is 10.6. The van der Waals surface area contributed by atoms with E-state index in [0.29, 0.717) is 22.9 Å². The fourth-order valence-electron chi connectivity index (χ4n) is 2.83. The summed E-state index contributed by atoms with van der Waals surface area (Å²) >= 11 is 0.